The first-order valence-corrected chi connectivity index (χ1v) is 5.92. The normalized spacial score (nSPS) is 23.9. The second-order valence-electron chi connectivity index (χ2n) is 4.32. The summed E-state index contributed by atoms with van der Waals surface area (Å²) in [7, 11) is 0. The van der Waals surface area contributed by atoms with Crippen molar-refractivity contribution in [2.24, 2.45) is 0 Å². The van der Waals surface area contributed by atoms with Crippen LogP contribution in [-0.2, 0) is 14.3 Å². The lowest BCUT2D eigenvalue weighted by molar-refractivity contribution is -0.187. The van der Waals surface area contributed by atoms with Gasteiger partial charge in [0, 0.05) is 39.0 Å². The number of carbonyl (C=O) groups excluding carboxylic acids is 1. The summed E-state index contributed by atoms with van der Waals surface area (Å²) >= 11 is 0. The summed E-state index contributed by atoms with van der Waals surface area (Å²) < 4.78 is 11.2. The minimum atomic E-state index is -0.409. The molecule has 1 spiro atoms. The van der Waals surface area contributed by atoms with Gasteiger partial charge in [-0.3, -0.25) is 4.79 Å². The number of nitrogens with zero attached hydrogens (tertiary/aromatic N) is 1. The third-order valence-corrected chi connectivity index (χ3v) is 3.24. The zero-order valence-electron chi connectivity index (χ0n) is 9.48. The van der Waals surface area contributed by atoms with Crippen molar-refractivity contribution in [2.75, 3.05) is 32.9 Å². The Morgan fingerprint density at radius 2 is 1.88 bits per heavy atom. The third-order valence-electron chi connectivity index (χ3n) is 3.24. The van der Waals surface area contributed by atoms with Crippen LogP contribution in [0.25, 0.3) is 0 Å². The highest BCUT2D eigenvalue weighted by atomic mass is 16.7. The molecule has 0 aromatic rings. The third kappa shape index (κ3) is 2.53. The minimum absolute atomic E-state index is 0.0791. The van der Waals surface area contributed by atoms with Crippen LogP contribution in [0.5, 0.6) is 0 Å². The lowest BCUT2D eigenvalue weighted by Crippen LogP contribution is -2.47. The summed E-state index contributed by atoms with van der Waals surface area (Å²) in [5.41, 5.74) is 0. The molecule has 2 fully saturated rings. The molecule has 1 N–H and O–H groups in total. The number of likely N-dealkylation sites (tertiary alicyclic amines) is 1. The molecule has 0 saturated carbocycles. The Hall–Kier alpha value is -0.650. The number of carbonyl (C=O) groups is 1. The maximum atomic E-state index is 11.7. The van der Waals surface area contributed by atoms with E-state index < -0.39 is 5.79 Å². The van der Waals surface area contributed by atoms with Crippen molar-refractivity contribution in [3.05, 3.63) is 0 Å². The van der Waals surface area contributed by atoms with Crippen molar-refractivity contribution in [2.45, 2.75) is 31.5 Å². The lowest BCUT2D eigenvalue weighted by Gasteiger charge is -2.37. The molecule has 2 aliphatic rings. The van der Waals surface area contributed by atoms with E-state index in [1.165, 1.54) is 0 Å². The summed E-state index contributed by atoms with van der Waals surface area (Å²) in [5.74, 6) is -0.282. The van der Waals surface area contributed by atoms with Crippen molar-refractivity contribution < 1.29 is 19.4 Å². The van der Waals surface area contributed by atoms with Crippen molar-refractivity contribution in [1.29, 1.82) is 0 Å². The molecule has 2 rings (SSSR count). The van der Waals surface area contributed by atoms with Crippen molar-refractivity contribution in [1.82, 2.24) is 4.90 Å². The molecule has 0 aromatic carbocycles. The van der Waals surface area contributed by atoms with Crippen LogP contribution in [0.3, 0.4) is 0 Å². The van der Waals surface area contributed by atoms with Gasteiger partial charge in [0.2, 0.25) is 5.91 Å². The van der Waals surface area contributed by atoms with Gasteiger partial charge in [-0.05, 0) is 6.42 Å². The number of ether oxygens (including phenoxy) is 2. The summed E-state index contributed by atoms with van der Waals surface area (Å²) in [6.45, 7) is 2.81. The molecule has 2 saturated heterocycles. The first-order valence-electron chi connectivity index (χ1n) is 5.92. The van der Waals surface area contributed by atoms with Gasteiger partial charge in [-0.2, -0.15) is 0 Å². The Kier molecular flexibility index (Phi) is 3.78. The molecule has 0 atom stereocenters. The van der Waals surface area contributed by atoms with Crippen LogP contribution >= 0.6 is 0 Å². The van der Waals surface area contributed by atoms with E-state index in [1.807, 2.05) is 4.90 Å². The van der Waals surface area contributed by atoms with Gasteiger partial charge in [-0.25, -0.2) is 0 Å². The fraction of sp³-hybridized carbons (Fsp3) is 0.909. The smallest absolute Gasteiger partial charge is 0.222 e. The molecule has 0 bridgehead atoms. The van der Waals surface area contributed by atoms with Gasteiger partial charge in [0.15, 0.2) is 5.79 Å². The zero-order valence-corrected chi connectivity index (χ0v) is 9.48. The number of aliphatic hydroxyl groups excluding tert-OH is 1. The van der Waals surface area contributed by atoms with E-state index in [0.717, 1.165) is 12.8 Å². The number of rotatable bonds is 3. The molecule has 0 radical (unpaired) electrons. The topological polar surface area (TPSA) is 59.0 Å². The van der Waals surface area contributed by atoms with E-state index >= 15 is 0 Å². The fourth-order valence-electron chi connectivity index (χ4n) is 2.27. The number of amides is 1. The molecule has 2 heterocycles. The quantitative estimate of drug-likeness (QED) is 0.747. The summed E-state index contributed by atoms with van der Waals surface area (Å²) in [6.07, 6.45) is 2.51. The average molecular weight is 229 g/mol. The molecule has 0 unspecified atom stereocenters. The number of piperidine rings is 1. The molecule has 5 nitrogen and oxygen atoms in total. The predicted octanol–water partition coefficient (Wildman–Crippen LogP) is 0.124. The average Bonchev–Trinajstić information content (AvgIpc) is 2.75. The first kappa shape index (κ1) is 11.8. The lowest BCUT2D eigenvalue weighted by atomic mass is 10.0. The van der Waals surface area contributed by atoms with E-state index in [4.69, 9.17) is 14.6 Å². The van der Waals surface area contributed by atoms with Gasteiger partial charge in [-0.1, -0.05) is 0 Å². The molecule has 92 valence electrons. The Labute approximate surface area is 95.3 Å². The Morgan fingerprint density at radius 3 is 2.44 bits per heavy atom. The van der Waals surface area contributed by atoms with E-state index in [-0.39, 0.29) is 12.5 Å². The highest BCUT2D eigenvalue weighted by Gasteiger charge is 2.40. The summed E-state index contributed by atoms with van der Waals surface area (Å²) in [6, 6.07) is 0. The molecular formula is C11H19NO4. The van der Waals surface area contributed by atoms with Crippen LogP contribution in [0.2, 0.25) is 0 Å². The maximum absolute atomic E-state index is 11.7. The van der Waals surface area contributed by atoms with Crippen LogP contribution < -0.4 is 0 Å². The Bertz CT molecular complexity index is 240. The monoisotopic (exact) mass is 229 g/mol. The minimum Gasteiger partial charge on any atom is -0.396 e. The largest absolute Gasteiger partial charge is 0.396 e. The van der Waals surface area contributed by atoms with Gasteiger partial charge in [0.25, 0.3) is 0 Å². The maximum Gasteiger partial charge on any atom is 0.222 e. The van der Waals surface area contributed by atoms with E-state index in [9.17, 15) is 4.79 Å². The van der Waals surface area contributed by atoms with Crippen LogP contribution in [0.4, 0.5) is 0 Å². The Morgan fingerprint density at radius 1 is 1.25 bits per heavy atom. The first-order chi connectivity index (χ1) is 7.76. The molecule has 5 heteroatoms. The van der Waals surface area contributed by atoms with Crippen LogP contribution in [0, 0.1) is 0 Å². The van der Waals surface area contributed by atoms with Gasteiger partial charge in [-0.15, -0.1) is 0 Å². The number of hydrogen-bond donors (Lipinski definition) is 1. The van der Waals surface area contributed by atoms with Crippen molar-refractivity contribution >= 4 is 5.91 Å². The van der Waals surface area contributed by atoms with E-state index in [2.05, 4.69) is 0 Å². The number of hydrogen-bond acceptors (Lipinski definition) is 4. The SMILES string of the molecule is O=C(CCCO)N1CCC2(CC1)OCCO2. The fourth-order valence-corrected chi connectivity index (χ4v) is 2.27. The van der Waals surface area contributed by atoms with Gasteiger partial charge in [0.05, 0.1) is 13.2 Å². The van der Waals surface area contributed by atoms with E-state index in [0.29, 0.717) is 39.1 Å². The Balaban J connectivity index is 1.78. The second kappa shape index (κ2) is 5.12. The predicted molar refractivity (Wildman–Crippen MR) is 56.8 cm³/mol. The molecule has 1 amide bonds. The van der Waals surface area contributed by atoms with Crippen LogP contribution in [0.1, 0.15) is 25.7 Å². The highest BCUT2D eigenvalue weighted by Crippen LogP contribution is 2.31. The highest BCUT2D eigenvalue weighted by molar-refractivity contribution is 5.76. The summed E-state index contributed by atoms with van der Waals surface area (Å²) in [4.78, 5) is 13.5. The molecule has 0 aliphatic carbocycles. The molecule has 2 aliphatic heterocycles. The second-order valence-corrected chi connectivity index (χ2v) is 4.32. The number of aliphatic hydroxyl groups is 1. The van der Waals surface area contributed by atoms with Crippen molar-refractivity contribution in [3.8, 4) is 0 Å². The van der Waals surface area contributed by atoms with Crippen LogP contribution in [0.15, 0.2) is 0 Å². The zero-order chi connectivity index (χ0) is 11.4. The van der Waals surface area contributed by atoms with Crippen molar-refractivity contribution in [3.63, 3.8) is 0 Å². The molecule has 0 aromatic heterocycles. The van der Waals surface area contributed by atoms with Gasteiger partial charge >= 0.3 is 0 Å². The molecule has 16 heavy (non-hydrogen) atoms. The summed E-state index contributed by atoms with van der Waals surface area (Å²) in [5, 5.41) is 8.67. The van der Waals surface area contributed by atoms with Gasteiger partial charge < -0.3 is 19.5 Å². The van der Waals surface area contributed by atoms with Crippen LogP contribution in [-0.4, -0.2) is 54.6 Å². The van der Waals surface area contributed by atoms with Gasteiger partial charge in [0.1, 0.15) is 0 Å². The van der Waals surface area contributed by atoms with E-state index in [1.54, 1.807) is 0 Å². The molecular weight excluding hydrogens is 210 g/mol. The standard InChI is InChI=1S/C11H19NO4/c13-7-1-2-10(14)12-5-3-11(4-6-12)15-8-9-16-11/h13H,1-9H2.